The summed E-state index contributed by atoms with van der Waals surface area (Å²) in [6.45, 7) is 7.10. The van der Waals surface area contributed by atoms with Crippen LogP contribution >= 0.6 is 33.9 Å². The number of likely N-dealkylation sites (N-methyl/N-ethyl adjacent to an activating group) is 1. The SMILES string of the molecule is CCNC(Cc1nc(C)c(C)s1)c1ccc(F)cc1I. The molecule has 1 atom stereocenters. The molecule has 0 bridgehead atoms. The fraction of sp³-hybridized carbons (Fsp3) is 0.400. The van der Waals surface area contributed by atoms with Crippen LogP contribution in [0.3, 0.4) is 0 Å². The van der Waals surface area contributed by atoms with Crippen molar-refractivity contribution < 1.29 is 4.39 Å². The van der Waals surface area contributed by atoms with Gasteiger partial charge in [0.1, 0.15) is 5.82 Å². The van der Waals surface area contributed by atoms with Gasteiger partial charge in [0, 0.05) is 20.9 Å². The van der Waals surface area contributed by atoms with Gasteiger partial charge in [-0.15, -0.1) is 11.3 Å². The van der Waals surface area contributed by atoms with Gasteiger partial charge < -0.3 is 5.32 Å². The lowest BCUT2D eigenvalue weighted by molar-refractivity contribution is 0.543. The summed E-state index contributed by atoms with van der Waals surface area (Å²) >= 11 is 3.94. The third-order valence-electron chi connectivity index (χ3n) is 3.24. The fourth-order valence-electron chi connectivity index (χ4n) is 2.12. The van der Waals surface area contributed by atoms with E-state index in [0.29, 0.717) is 0 Å². The van der Waals surface area contributed by atoms with E-state index < -0.39 is 0 Å². The molecule has 0 saturated heterocycles. The predicted molar refractivity (Wildman–Crippen MR) is 90.8 cm³/mol. The summed E-state index contributed by atoms with van der Waals surface area (Å²) in [7, 11) is 0. The number of thiazole rings is 1. The maximum absolute atomic E-state index is 13.2. The first kappa shape index (κ1) is 15.9. The molecular formula is C15H18FIN2S. The van der Waals surface area contributed by atoms with Crippen molar-refractivity contribution in [1.29, 1.82) is 0 Å². The van der Waals surface area contributed by atoms with E-state index in [1.165, 1.54) is 10.9 Å². The highest BCUT2D eigenvalue weighted by Gasteiger charge is 2.17. The molecule has 2 aromatic rings. The minimum atomic E-state index is -0.186. The third-order valence-corrected chi connectivity index (χ3v) is 5.27. The average Bonchev–Trinajstić information content (AvgIpc) is 2.68. The minimum absolute atomic E-state index is 0.178. The maximum atomic E-state index is 13.2. The first-order valence-electron chi connectivity index (χ1n) is 6.62. The van der Waals surface area contributed by atoms with Crippen molar-refractivity contribution in [2.75, 3.05) is 6.54 Å². The Kier molecular flexibility index (Phi) is 5.51. The highest BCUT2D eigenvalue weighted by atomic mass is 127. The predicted octanol–water partition coefficient (Wildman–Crippen LogP) is 4.40. The Morgan fingerprint density at radius 3 is 2.70 bits per heavy atom. The van der Waals surface area contributed by atoms with Crippen LogP contribution in [-0.2, 0) is 6.42 Å². The van der Waals surface area contributed by atoms with Crippen molar-refractivity contribution in [2.45, 2.75) is 33.2 Å². The second-order valence-corrected chi connectivity index (χ2v) is 7.18. The first-order valence-corrected chi connectivity index (χ1v) is 8.52. The van der Waals surface area contributed by atoms with Crippen molar-refractivity contribution in [3.05, 3.63) is 48.7 Å². The number of benzene rings is 1. The van der Waals surface area contributed by atoms with Gasteiger partial charge in [0.25, 0.3) is 0 Å². The zero-order chi connectivity index (χ0) is 14.7. The molecule has 0 fully saturated rings. The molecule has 0 saturated carbocycles. The zero-order valence-electron chi connectivity index (χ0n) is 11.8. The number of aryl methyl sites for hydroxylation is 2. The molecule has 0 aliphatic heterocycles. The average molecular weight is 404 g/mol. The quantitative estimate of drug-likeness (QED) is 0.748. The summed E-state index contributed by atoms with van der Waals surface area (Å²) < 4.78 is 14.2. The molecule has 5 heteroatoms. The number of halogens is 2. The van der Waals surface area contributed by atoms with Gasteiger partial charge in [-0.05, 0) is 60.7 Å². The molecule has 0 aliphatic carbocycles. The van der Waals surface area contributed by atoms with E-state index in [-0.39, 0.29) is 11.9 Å². The number of nitrogens with one attached hydrogen (secondary N) is 1. The number of hydrogen-bond acceptors (Lipinski definition) is 3. The summed E-state index contributed by atoms with van der Waals surface area (Å²) in [5.74, 6) is -0.186. The van der Waals surface area contributed by atoms with Crippen LogP contribution in [0.4, 0.5) is 4.39 Å². The van der Waals surface area contributed by atoms with Crippen LogP contribution in [0.15, 0.2) is 18.2 Å². The lowest BCUT2D eigenvalue weighted by Gasteiger charge is -2.18. The Hall–Kier alpha value is -0.530. The topological polar surface area (TPSA) is 24.9 Å². The Morgan fingerprint density at radius 1 is 1.40 bits per heavy atom. The molecule has 2 rings (SSSR count). The molecule has 0 amide bonds. The molecule has 0 spiro atoms. The second-order valence-electron chi connectivity index (χ2n) is 4.73. The summed E-state index contributed by atoms with van der Waals surface area (Å²) in [5, 5.41) is 4.61. The third kappa shape index (κ3) is 3.77. The first-order chi connectivity index (χ1) is 9.51. The van der Waals surface area contributed by atoms with Gasteiger partial charge in [-0.2, -0.15) is 0 Å². The van der Waals surface area contributed by atoms with E-state index in [0.717, 1.165) is 32.8 Å². The van der Waals surface area contributed by atoms with E-state index >= 15 is 0 Å². The van der Waals surface area contributed by atoms with E-state index in [1.807, 2.05) is 13.0 Å². The standard InChI is InChI=1S/C15H18FIN2S/c1-4-18-14(8-15-19-9(2)10(3)20-15)12-6-5-11(16)7-13(12)17/h5-7,14,18H,4,8H2,1-3H3. The van der Waals surface area contributed by atoms with Gasteiger partial charge >= 0.3 is 0 Å². The summed E-state index contributed by atoms with van der Waals surface area (Å²) in [6.07, 6.45) is 0.842. The Bertz CT molecular complexity index is 578. The van der Waals surface area contributed by atoms with Crippen LogP contribution in [0, 0.1) is 23.2 Å². The molecule has 20 heavy (non-hydrogen) atoms. The lowest BCUT2D eigenvalue weighted by Crippen LogP contribution is -2.23. The van der Waals surface area contributed by atoms with Crippen molar-refractivity contribution in [3.63, 3.8) is 0 Å². The number of nitrogens with zero attached hydrogens (tertiary/aromatic N) is 1. The van der Waals surface area contributed by atoms with Gasteiger partial charge in [-0.1, -0.05) is 13.0 Å². The van der Waals surface area contributed by atoms with Gasteiger partial charge in [-0.25, -0.2) is 9.37 Å². The molecule has 1 aromatic carbocycles. The number of aromatic nitrogens is 1. The van der Waals surface area contributed by atoms with Crippen molar-refractivity contribution in [3.8, 4) is 0 Å². The molecule has 1 N–H and O–H groups in total. The van der Waals surface area contributed by atoms with Crippen LogP contribution in [0.2, 0.25) is 0 Å². The maximum Gasteiger partial charge on any atom is 0.124 e. The van der Waals surface area contributed by atoms with E-state index in [1.54, 1.807) is 17.4 Å². The van der Waals surface area contributed by atoms with Gasteiger partial charge in [-0.3, -0.25) is 0 Å². The largest absolute Gasteiger partial charge is 0.310 e. The minimum Gasteiger partial charge on any atom is -0.310 e. The molecule has 108 valence electrons. The van der Waals surface area contributed by atoms with Crippen LogP contribution in [0.5, 0.6) is 0 Å². The van der Waals surface area contributed by atoms with E-state index in [2.05, 4.69) is 46.7 Å². The van der Waals surface area contributed by atoms with Crippen LogP contribution in [0.1, 0.15) is 34.1 Å². The Morgan fingerprint density at radius 2 is 2.15 bits per heavy atom. The fourth-order valence-corrected chi connectivity index (χ4v) is 3.96. The molecule has 0 aliphatic rings. The molecule has 1 aromatic heterocycles. The zero-order valence-corrected chi connectivity index (χ0v) is 14.8. The smallest absolute Gasteiger partial charge is 0.124 e. The highest BCUT2D eigenvalue weighted by molar-refractivity contribution is 14.1. The molecule has 1 heterocycles. The van der Waals surface area contributed by atoms with Crippen molar-refractivity contribution in [2.24, 2.45) is 0 Å². The highest BCUT2D eigenvalue weighted by Crippen LogP contribution is 2.27. The molecule has 2 nitrogen and oxygen atoms in total. The van der Waals surface area contributed by atoms with Crippen molar-refractivity contribution in [1.82, 2.24) is 10.3 Å². The monoisotopic (exact) mass is 404 g/mol. The number of rotatable bonds is 5. The summed E-state index contributed by atoms with van der Waals surface area (Å²) in [5.41, 5.74) is 2.24. The van der Waals surface area contributed by atoms with E-state index in [4.69, 9.17) is 0 Å². The van der Waals surface area contributed by atoms with Crippen LogP contribution < -0.4 is 5.32 Å². The number of hydrogen-bond donors (Lipinski definition) is 1. The van der Waals surface area contributed by atoms with Crippen LogP contribution in [0.25, 0.3) is 0 Å². The Balaban J connectivity index is 2.26. The van der Waals surface area contributed by atoms with Gasteiger partial charge in [0.2, 0.25) is 0 Å². The lowest BCUT2D eigenvalue weighted by atomic mass is 10.0. The van der Waals surface area contributed by atoms with Crippen molar-refractivity contribution >= 4 is 33.9 Å². The van der Waals surface area contributed by atoms with Gasteiger partial charge in [0.05, 0.1) is 10.7 Å². The second kappa shape index (κ2) is 6.95. The Labute approximate surface area is 137 Å². The molecular weight excluding hydrogens is 386 g/mol. The van der Waals surface area contributed by atoms with Crippen LogP contribution in [-0.4, -0.2) is 11.5 Å². The van der Waals surface area contributed by atoms with Gasteiger partial charge in [0.15, 0.2) is 0 Å². The molecule has 0 radical (unpaired) electrons. The van der Waals surface area contributed by atoms with E-state index in [9.17, 15) is 4.39 Å². The molecule has 1 unspecified atom stereocenters. The summed E-state index contributed by atoms with van der Waals surface area (Å²) in [6, 6.07) is 5.16. The summed E-state index contributed by atoms with van der Waals surface area (Å²) in [4.78, 5) is 5.87. The normalized spacial score (nSPS) is 12.7.